The number of carbonyl (C=O) groups excluding carboxylic acids is 1. The van der Waals surface area contributed by atoms with Gasteiger partial charge in [-0.15, -0.1) is 12.4 Å². The number of nitrogens with one attached hydrogen (secondary N) is 1. The summed E-state index contributed by atoms with van der Waals surface area (Å²) in [6.07, 6.45) is 0.566. The SMILES string of the molecule is CC[C@H](O)N[C@@H](Cc1ccccc1)C(=O)N1CCSCC1.Cl. The lowest BCUT2D eigenvalue weighted by molar-refractivity contribution is -0.134. The molecule has 0 radical (unpaired) electrons. The van der Waals surface area contributed by atoms with E-state index >= 15 is 0 Å². The third kappa shape index (κ3) is 5.80. The van der Waals surface area contributed by atoms with Crippen LogP contribution in [0, 0.1) is 0 Å². The fraction of sp³-hybridized carbons (Fsp3) is 0.562. The van der Waals surface area contributed by atoms with Gasteiger partial charge in [-0.25, -0.2) is 0 Å². The summed E-state index contributed by atoms with van der Waals surface area (Å²) in [6.45, 7) is 3.51. The number of aliphatic hydroxyl groups is 1. The standard InChI is InChI=1S/C16H24N2O2S.ClH/c1-2-15(19)17-14(12-13-6-4-3-5-7-13)16(20)18-8-10-21-11-9-18;/h3-7,14-15,17,19H,2,8-12H2,1H3;1H/t14-,15-;/m0./s1. The van der Waals surface area contributed by atoms with Crippen LogP contribution in [0.5, 0.6) is 0 Å². The molecule has 0 spiro atoms. The number of benzene rings is 1. The molecule has 0 unspecified atom stereocenters. The van der Waals surface area contributed by atoms with Gasteiger partial charge in [0.15, 0.2) is 0 Å². The maximum Gasteiger partial charge on any atom is 0.240 e. The lowest BCUT2D eigenvalue weighted by Gasteiger charge is -2.31. The highest BCUT2D eigenvalue weighted by Gasteiger charge is 2.27. The molecule has 4 nitrogen and oxygen atoms in total. The number of aliphatic hydroxyl groups excluding tert-OH is 1. The Labute approximate surface area is 143 Å². The smallest absolute Gasteiger partial charge is 0.240 e. The number of amides is 1. The number of halogens is 1. The molecule has 0 aliphatic carbocycles. The Bertz CT molecular complexity index is 441. The van der Waals surface area contributed by atoms with E-state index < -0.39 is 6.23 Å². The largest absolute Gasteiger partial charge is 0.379 e. The normalized spacial score (nSPS) is 17.5. The van der Waals surface area contributed by atoms with Gasteiger partial charge in [0, 0.05) is 24.6 Å². The molecule has 22 heavy (non-hydrogen) atoms. The van der Waals surface area contributed by atoms with E-state index in [1.807, 2.05) is 53.9 Å². The Morgan fingerprint density at radius 2 is 1.95 bits per heavy atom. The van der Waals surface area contributed by atoms with E-state index in [0.29, 0.717) is 12.8 Å². The molecule has 1 fully saturated rings. The molecule has 2 N–H and O–H groups in total. The van der Waals surface area contributed by atoms with Crippen molar-refractivity contribution in [2.45, 2.75) is 32.0 Å². The van der Waals surface area contributed by atoms with Crippen molar-refractivity contribution in [1.29, 1.82) is 0 Å². The maximum absolute atomic E-state index is 12.7. The highest BCUT2D eigenvalue weighted by Crippen LogP contribution is 2.13. The monoisotopic (exact) mass is 344 g/mol. The van der Waals surface area contributed by atoms with Gasteiger partial charge in [0.2, 0.25) is 5.91 Å². The maximum atomic E-state index is 12.7. The summed E-state index contributed by atoms with van der Waals surface area (Å²) in [5, 5.41) is 12.9. The zero-order valence-corrected chi connectivity index (χ0v) is 14.5. The number of rotatable bonds is 6. The number of nitrogens with zero attached hydrogens (tertiary/aromatic N) is 1. The second-order valence-electron chi connectivity index (χ2n) is 5.27. The number of carbonyl (C=O) groups is 1. The number of thioether (sulfide) groups is 1. The Morgan fingerprint density at radius 1 is 1.32 bits per heavy atom. The van der Waals surface area contributed by atoms with E-state index in [1.54, 1.807) is 0 Å². The Hall–Kier alpha value is -0.750. The van der Waals surface area contributed by atoms with Crippen LogP contribution in [0.2, 0.25) is 0 Å². The van der Waals surface area contributed by atoms with Crippen LogP contribution < -0.4 is 5.32 Å². The molecule has 1 amide bonds. The van der Waals surface area contributed by atoms with Crippen LogP contribution in [0.1, 0.15) is 18.9 Å². The van der Waals surface area contributed by atoms with Crippen LogP contribution in [0.25, 0.3) is 0 Å². The van der Waals surface area contributed by atoms with Crippen LogP contribution in [0.3, 0.4) is 0 Å². The summed E-state index contributed by atoms with van der Waals surface area (Å²) >= 11 is 1.89. The summed E-state index contributed by atoms with van der Waals surface area (Å²) in [7, 11) is 0. The first-order valence-corrected chi connectivity index (χ1v) is 8.70. The Balaban J connectivity index is 0.00000242. The lowest BCUT2D eigenvalue weighted by Crippen LogP contribution is -2.52. The highest BCUT2D eigenvalue weighted by molar-refractivity contribution is 7.99. The van der Waals surface area contributed by atoms with Gasteiger partial charge in [0.25, 0.3) is 0 Å². The van der Waals surface area contributed by atoms with Crippen LogP contribution >= 0.6 is 24.2 Å². The van der Waals surface area contributed by atoms with Crippen LogP contribution in [0.4, 0.5) is 0 Å². The second-order valence-corrected chi connectivity index (χ2v) is 6.50. The first kappa shape index (κ1) is 19.3. The van der Waals surface area contributed by atoms with Gasteiger partial charge in [-0.2, -0.15) is 11.8 Å². The molecule has 2 atom stereocenters. The Kier molecular flexibility index (Phi) is 8.86. The van der Waals surface area contributed by atoms with Gasteiger partial charge in [-0.05, 0) is 18.4 Å². The van der Waals surface area contributed by atoms with Crippen LogP contribution in [0.15, 0.2) is 30.3 Å². The lowest BCUT2D eigenvalue weighted by atomic mass is 10.0. The first-order valence-electron chi connectivity index (χ1n) is 7.55. The van der Waals surface area contributed by atoms with Gasteiger partial charge < -0.3 is 10.0 Å². The van der Waals surface area contributed by atoms with Crippen molar-refractivity contribution in [2.75, 3.05) is 24.6 Å². The molecule has 6 heteroatoms. The van der Waals surface area contributed by atoms with Gasteiger partial charge in [-0.1, -0.05) is 37.3 Å². The first-order chi connectivity index (χ1) is 10.2. The fourth-order valence-electron chi connectivity index (χ4n) is 2.42. The van der Waals surface area contributed by atoms with Crippen LogP contribution in [-0.2, 0) is 11.2 Å². The van der Waals surface area contributed by atoms with Crippen molar-refractivity contribution in [3.63, 3.8) is 0 Å². The van der Waals surface area contributed by atoms with Crippen molar-refractivity contribution in [1.82, 2.24) is 10.2 Å². The molecular weight excluding hydrogens is 320 g/mol. The summed E-state index contributed by atoms with van der Waals surface area (Å²) < 4.78 is 0. The van der Waals surface area contributed by atoms with Crippen molar-refractivity contribution in [3.8, 4) is 0 Å². The molecule has 1 aromatic rings. The van der Waals surface area contributed by atoms with E-state index in [4.69, 9.17) is 0 Å². The average Bonchev–Trinajstić information content (AvgIpc) is 2.55. The molecular formula is C16H25ClN2O2S. The number of hydrogen-bond acceptors (Lipinski definition) is 4. The third-order valence-electron chi connectivity index (χ3n) is 3.68. The van der Waals surface area contributed by atoms with Gasteiger partial charge >= 0.3 is 0 Å². The van der Waals surface area contributed by atoms with Crippen molar-refractivity contribution in [3.05, 3.63) is 35.9 Å². The molecule has 0 saturated carbocycles. The molecule has 1 heterocycles. The van der Waals surface area contributed by atoms with Gasteiger partial charge in [0.1, 0.15) is 6.23 Å². The van der Waals surface area contributed by atoms with Crippen LogP contribution in [-0.4, -0.2) is 52.8 Å². The molecule has 1 aliphatic heterocycles. The summed E-state index contributed by atoms with van der Waals surface area (Å²) in [5.41, 5.74) is 1.11. The zero-order chi connectivity index (χ0) is 15.1. The second kappa shape index (κ2) is 10.1. The molecule has 0 bridgehead atoms. The molecule has 2 rings (SSSR count). The van der Waals surface area contributed by atoms with Crippen molar-refractivity contribution >= 4 is 30.1 Å². The topological polar surface area (TPSA) is 52.6 Å². The number of hydrogen-bond donors (Lipinski definition) is 2. The van der Waals surface area contributed by atoms with Crippen molar-refractivity contribution < 1.29 is 9.90 Å². The minimum atomic E-state index is -0.637. The summed E-state index contributed by atoms with van der Waals surface area (Å²) in [6, 6.07) is 9.61. The molecule has 124 valence electrons. The quantitative estimate of drug-likeness (QED) is 0.774. The summed E-state index contributed by atoms with van der Waals surface area (Å²) in [4.78, 5) is 14.6. The van der Waals surface area contributed by atoms with E-state index in [0.717, 1.165) is 30.2 Å². The fourth-order valence-corrected chi connectivity index (χ4v) is 3.32. The van der Waals surface area contributed by atoms with E-state index in [2.05, 4.69) is 5.32 Å². The van der Waals surface area contributed by atoms with Crippen molar-refractivity contribution in [2.24, 2.45) is 0 Å². The predicted octanol–water partition coefficient (Wildman–Crippen LogP) is 1.91. The summed E-state index contributed by atoms with van der Waals surface area (Å²) in [5.74, 6) is 2.10. The molecule has 1 aliphatic rings. The highest BCUT2D eigenvalue weighted by atomic mass is 35.5. The third-order valence-corrected chi connectivity index (χ3v) is 4.63. The minimum Gasteiger partial charge on any atom is -0.379 e. The predicted molar refractivity (Wildman–Crippen MR) is 94.5 cm³/mol. The van der Waals surface area contributed by atoms with Gasteiger partial charge in [0.05, 0.1) is 6.04 Å². The Morgan fingerprint density at radius 3 is 2.55 bits per heavy atom. The molecule has 1 aromatic carbocycles. The zero-order valence-electron chi connectivity index (χ0n) is 12.9. The minimum absolute atomic E-state index is 0. The molecule has 0 aromatic heterocycles. The van der Waals surface area contributed by atoms with E-state index in [1.165, 1.54) is 0 Å². The molecule has 1 saturated heterocycles. The average molecular weight is 345 g/mol. The van der Waals surface area contributed by atoms with Gasteiger partial charge in [-0.3, -0.25) is 10.1 Å². The van der Waals surface area contributed by atoms with E-state index in [-0.39, 0.29) is 24.4 Å². The van der Waals surface area contributed by atoms with E-state index in [9.17, 15) is 9.90 Å².